The first kappa shape index (κ1) is 11.2. The molecule has 0 unspecified atom stereocenters. The van der Waals surface area contributed by atoms with E-state index >= 15 is 0 Å². The summed E-state index contributed by atoms with van der Waals surface area (Å²) >= 11 is 3.25. The van der Waals surface area contributed by atoms with Crippen LogP contribution in [-0.4, -0.2) is 23.6 Å². The van der Waals surface area contributed by atoms with Gasteiger partial charge in [-0.25, -0.2) is 0 Å². The second kappa shape index (κ2) is 3.72. The van der Waals surface area contributed by atoms with Gasteiger partial charge in [-0.3, -0.25) is 0 Å². The third kappa shape index (κ3) is 1.85. The molecule has 1 aliphatic heterocycles. The molecular formula is C7H11Br2NO. The maximum atomic E-state index is 5.24. The fourth-order valence-corrected chi connectivity index (χ4v) is 1.41. The van der Waals surface area contributed by atoms with E-state index in [1.807, 2.05) is 16.6 Å². The van der Waals surface area contributed by atoms with E-state index < -0.39 is 0 Å². The quantitative estimate of drug-likeness (QED) is 0.504. The number of likely N-dealkylation sites (N-methyl/N-ethyl adjacent to an activating group) is 1. The van der Waals surface area contributed by atoms with E-state index in [9.17, 15) is 0 Å². The molecule has 2 nitrogen and oxygen atoms in total. The van der Waals surface area contributed by atoms with Crippen molar-refractivity contribution in [1.29, 1.82) is 0 Å². The average Bonchev–Trinajstić information content (AvgIpc) is 2.10. The van der Waals surface area contributed by atoms with Gasteiger partial charge in [-0.05, 0) is 0 Å². The van der Waals surface area contributed by atoms with Crippen molar-refractivity contribution in [2.75, 3.05) is 7.05 Å². The van der Waals surface area contributed by atoms with E-state index in [0.29, 0.717) is 0 Å². The lowest BCUT2D eigenvalue weighted by Crippen LogP contribution is -3.00. The van der Waals surface area contributed by atoms with Crippen molar-refractivity contribution in [2.24, 2.45) is 0 Å². The average molecular weight is 285 g/mol. The van der Waals surface area contributed by atoms with Gasteiger partial charge in [0.05, 0.1) is 0 Å². The van der Waals surface area contributed by atoms with Crippen molar-refractivity contribution >= 4 is 22.3 Å². The summed E-state index contributed by atoms with van der Waals surface area (Å²) in [5.74, 6) is 0.940. The molecule has 64 valence electrons. The smallest absolute Gasteiger partial charge is 0.329 e. The molecule has 0 atom stereocenters. The van der Waals surface area contributed by atoms with Gasteiger partial charge in [-0.15, -0.1) is 0 Å². The van der Waals surface area contributed by atoms with Crippen molar-refractivity contribution in [1.82, 2.24) is 0 Å². The summed E-state index contributed by atoms with van der Waals surface area (Å²) in [4.78, 5) is 1.81. The number of nitrogens with zero attached hydrogens (tertiary/aromatic N) is 1. The molecule has 0 amide bonds. The Labute approximate surface area is 85.8 Å². The molecule has 0 bridgehead atoms. The Balaban J connectivity index is 0.000001000. The molecule has 4 heteroatoms. The number of ether oxygens (including phenoxy) is 1. The van der Waals surface area contributed by atoms with Gasteiger partial charge in [-0.2, -0.15) is 4.58 Å². The predicted molar refractivity (Wildman–Crippen MR) is 44.4 cm³/mol. The van der Waals surface area contributed by atoms with Gasteiger partial charge in [0.25, 0.3) is 0 Å². The third-order valence-corrected chi connectivity index (χ3v) is 2.34. The summed E-state index contributed by atoms with van der Waals surface area (Å²) in [6.45, 7) is 4.20. The minimum atomic E-state index is -0.0104. The molecule has 0 aliphatic carbocycles. The summed E-state index contributed by atoms with van der Waals surface area (Å²) in [6, 6.07) is 0. The standard InChI is InChI=1S/C7H11BrNO.BrH/c1-7(2)6(4-8)10-5-9(7)3;/h4-5H,1-3H3;1H/q+1;/p-1. The summed E-state index contributed by atoms with van der Waals surface area (Å²) < 4.78 is 7.27. The van der Waals surface area contributed by atoms with Crippen LogP contribution < -0.4 is 17.0 Å². The van der Waals surface area contributed by atoms with Gasteiger partial charge in [0, 0.05) is 18.8 Å². The maximum Gasteiger partial charge on any atom is 0.329 e. The molecule has 0 aromatic rings. The highest BCUT2D eigenvalue weighted by atomic mass is 79.9. The molecule has 1 heterocycles. The molecule has 0 spiro atoms. The van der Waals surface area contributed by atoms with Crippen LogP contribution in [0.1, 0.15) is 13.8 Å². The lowest BCUT2D eigenvalue weighted by Gasteiger charge is -2.11. The third-order valence-electron chi connectivity index (χ3n) is 1.92. The van der Waals surface area contributed by atoms with Crippen LogP contribution in [0.2, 0.25) is 0 Å². The first-order chi connectivity index (χ1) is 4.59. The number of halogens is 2. The van der Waals surface area contributed by atoms with E-state index in [4.69, 9.17) is 4.74 Å². The lowest BCUT2D eigenvalue weighted by atomic mass is 10.0. The predicted octanol–water partition coefficient (Wildman–Crippen LogP) is -1.29. The van der Waals surface area contributed by atoms with Crippen molar-refractivity contribution in [3.8, 4) is 0 Å². The second-order valence-corrected chi connectivity index (χ2v) is 3.32. The zero-order valence-corrected chi connectivity index (χ0v) is 9.94. The fraction of sp³-hybridized carbons (Fsp3) is 0.571. The summed E-state index contributed by atoms with van der Waals surface area (Å²) in [7, 11) is 1.99. The Morgan fingerprint density at radius 3 is 2.36 bits per heavy atom. The molecule has 1 rings (SSSR count). The molecule has 0 fully saturated rings. The zero-order valence-electron chi connectivity index (χ0n) is 6.77. The molecule has 11 heavy (non-hydrogen) atoms. The van der Waals surface area contributed by atoms with Gasteiger partial charge >= 0.3 is 6.40 Å². The van der Waals surface area contributed by atoms with Crippen LogP contribution in [0, 0.1) is 0 Å². The maximum absolute atomic E-state index is 5.24. The Bertz CT molecular complexity index is 208. The molecular weight excluding hydrogens is 274 g/mol. The van der Waals surface area contributed by atoms with Gasteiger partial charge in [0.1, 0.15) is 7.05 Å². The normalized spacial score (nSPS) is 24.0. The van der Waals surface area contributed by atoms with Crippen molar-refractivity contribution in [3.63, 3.8) is 0 Å². The number of hydrogen-bond acceptors (Lipinski definition) is 1. The van der Waals surface area contributed by atoms with Crippen LogP contribution in [0.25, 0.3) is 0 Å². The van der Waals surface area contributed by atoms with Gasteiger partial charge in [0.2, 0.25) is 5.54 Å². The SMILES string of the molecule is C[N+]1=COC(=CBr)C1(C)C.[Br-]. The molecule has 0 aromatic carbocycles. The number of rotatable bonds is 0. The topological polar surface area (TPSA) is 12.2 Å². The van der Waals surface area contributed by atoms with Gasteiger partial charge in [-0.1, -0.05) is 15.9 Å². The van der Waals surface area contributed by atoms with Gasteiger partial charge in [0.15, 0.2) is 5.76 Å². The highest BCUT2D eigenvalue weighted by molar-refractivity contribution is 9.11. The first-order valence-corrected chi connectivity index (χ1v) is 4.04. The van der Waals surface area contributed by atoms with Gasteiger partial charge < -0.3 is 21.7 Å². The highest BCUT2D eigenvalue weighted by Gasteiger charge is 2.39. The summed E-state index contributed by atoms with van der Waals surface area (Å²) in [5, 5.41) is 0. The number of hydrogen-bond donors (Lipinski definition) is 0. The molecule has 0 radical (unpaired) electrons. The van der Waals surface area contributed by atoms with Crippen LogP contribution in [0.5, 0.6) is 0 Å². The minimum absolute atomic E-state index is 0. The first-order valence-electron chi connectivity index (χ1n) is 3.13. The van der Waals surface area contributed by atoms with E-state index in [0.717, 1.165) is 5.76 Å². The molecule has 1 aliphatic rings. The van der Waals surface area contributed by atoms with Crippen LogP contribution in [-0.2, 0) is 4.74 Å². The van der Waals surface area contributed by atoms with Crippen LogP contribution in [0.15, 0.2) is 10.7 Å². The highest BCUT2D eigenvalue weighted by Crippen LogP contribution is 2.25. The van der Waals surface area contributed by atoms with E-state index in [1.54, 1.807) is 6.40 Å². The monoisotopic (exact) mass is 283 g/mol. The van der Waals surface area contributed by atoms with E-state index in [1.165, 1.54) is 0 Å². The van der Waals surface area contributed by atoms with Crippen molar-refractivity contribution < 1.29 is 26.3 Å². The van der Waals surface area contributed by atoms with Crippen molar-refractivity contribution in [3.05, 3.63) is 10.7 Å². The molecule has 0 aromatic heterocycles. The Morgan fingerprint density at radius 2 is 2.18 bits per heavy atom. The molecule has 0 N–H and O–H groups in total. The Morgan fingerprint density at radius 1 is 1.64 bits per heavy atom. The Kier molecular flexibility index (Phi) is 3.77. The van der Waals surface area contributed by atoms with Crippen LogP contribution >= 0.6 is 15.9 Å². The Hall–Kier alpha value is 0.170. The van der Waals surface area contributed by atoms with E-state index in [-0.39, 0.29) is 22.5 Å². The van der Waals surface area contributed by atoms with E-state index in [2.05, 4.69) is 29.8 Å². The lowest BCUT2D eigenvalue weighted by molar-refractivity contribution is -0.552. The summed E-state index contributed by atoms with van der Waals surface area (Å²) in [6.07, 6.45) is 1.72. The largest absolute Gasteiger partial charge is 1.00 e. The van der Waals surface area contributed by atoms with Crippen molar-refractivity contribution in [2.45, 2.75) is 19.4 Å². The molecule has 0 saturated heterocycles. The minimum Gasteiger partial charge on any atom is -1.00 e. The second-order valence-electron chi connectivity index (χ2n) is 2.87. The fourth-order valence-electron chi connectivity index (χ4n) is 0.745. The van der Waals surface area contributed by atoms with Crippen LogP contribution in [0.3, 0.4) is 0 Å². The zero-order chi connectivity index (χ0) is 7.78. The molecule has 0 saturated carbocycles. The summed E-state index contributed by atoms with van der Waals surface area (Å²) in [5.41, 5.74) is -0.0104. The van der Waals surface area contributed by atoms with Crippen LogP contribution in [0.4, 0.5) is 0 Å².